The van der Waals surface area contributed by atoms with Crippen LogP contribution in [0.2, 0.25) is 0 Å². The lowest BCUT2D eigenvalue weighted by Gasteiger charge is -2.20. The molecule has 1 aliphatic heterocycles. The van der Waals surface area contributed by atoms with Gasteiger partial charge in [-0.2, -0.15) is 0 Å². The molecule has 1 aromatic rings. The molecule has 7 nitrogen and oxygen atoms in total. The number of nitrogens with one attached hydrogen (secondary N) is 1. The fraction of sp³-hybridized carbons (Fsp3) is 0.529. The molecule has 1 aromatic carbocycles. The van der Waals surface area contributed by atoms with E-state index in [-0.39, 0.29) is 17.7 Å². The van der Waals surface area contributed by atoms with Gasteiger partial charge in [-0.3, -0.25) is 9.59 Å². The number of methoxy groups -OCH3 is 2. The molecule has 1 saturated heterocycles. The summed E-state index contributed by atoms with van der Waals surface area (Å²) in [7, 11) is 3.11. The highest BCUT2D eigenvalue weighted by Gasteiger charge is 2.35. The maximum absolute atomic E-state index is 12.6. The summed E-state index contributed by atoms with van der Waals surface area (Å²) in [5.74, 6) is 0.765. The molecule has 0 bridgehead atoms. The quantitative estimate of drug-likeness (QED) is 0.806. The smallest absolute Gasteiger partial charge is 0.249 e. The minimum atomic E-state index is -0.622. The Morgan fingerprint density at radius 3 is 2.33 bits per heavy atom. The second kappa shape index (κ2) is 7.53. The van der Waals surface area contributed by atoms with E-state index in [1.165, 1.54) is 0 Å². The lowest BCUT2D eigenvalue weighted by atomic mass is 10.0. The number of hydrogen-bond acceptors (Lipinski definition) is 5. The van der Waals surface area contributed by atoms with Crippen LogP contribution < -0.4 is 25.4 Å². The van der Waals surface area contributed by atoms with Gasteiger partial charge < -0.3 is 25.4 Å². The molecule has 2 atom stereocenters. The lowest BCUT2D eigenvalue weighted by molar-refractivity contribution is -0.127. The Morgan fingerprint density at radius 1 is 1.25 bits per heavy atom. The Balaban J connectivity index is 2.13. The van der Waals surface area contributed by atoms with E-state index >= 15 is 0 Å². The van der Waals surface area contributed by atoms with Crippen LogP contribution in [0.25, 0.3) is 0 Å². The predicted molar refractivity (Wildman–Crippen MR) is 91.3 cm³/mol. The number of rotatable bonds is 6. The number of hydrogen-bond donors (Lipinski definition) is 2. The van der Waals surface area contributed by atoms with Crippen LogP contribution in [-0.4, -0.2) is 44.7 Å². The molecule has 24 heavy (non-hydrogen) atoms. The number of carbonyl (C=O) groups excluding carboxylic acids is 2. The van der Waals surface area contributed by atoms with Gasteiger partial charge in [0.1, 0.15) is 17.5 Å². The lowest BCUT2D eigenvalue weighted by Crippen LogP contribution is -2.50. The summed E-state index contributed by atoms with van der Waals surface area (Å²) in [5, 5.41) is 2.75. The van der Waals surface area contributed by atoms with Crippen molar-refractivity contribution in [3.63, 3.8) is 0 Å². The molecular weight excluding hydrogens is 310 g/mol. The molecule has 2 amide bonds. The topological polar surface area (TPSA) is 93.9 Å². The third-order valence-corrected chi connectivity index (χ3v) is 4.19. The van der Waals surface area contributed by atoms with Crippen molar-refractivity contribution in [3.8, 4) is 11.5 Å². The van der Waals surface area contributed by atoms with Crippen LogP contribution in [0.5, 0.6) is 11.5 Å². The van der Waals surface area contributed by atoms with E-state index in [2.05, 4.69) is 5.32 Å². The summed E-state index contributed by atoms with van der Waals surface area (Å²) in [6.45, 7) is 4.25. The summed E-state index contributed by atoms with van der Waals surface area (Å²) in [6.07, 6.45) is 0.537. The average Bonchev–Trinajstić information content (AvgIpc) is 2.94. The Labute approximate surface area is 142 Å². The molecule has 0 aliphatic carbocycles. The minimum Gasteiger partial charge on any atom is -0.497 e. The molecule has 0 aromatic heterocycles. The van der Waals surface area contributed by atoms with Crippen molar-refractivity contribution in [1.82, 2.24) is 5.32 Å². The van der Waals surface area contributed by atoms with Crippen molar-refractivity contribution in [2.24, 2.45) is 11.7 Å². The Morgan fingerprint density at radius 2 is 1.83 bits per heavy atom. The third kappa shape index (κ3) is 3.79. The van der Waals surface area contributed by atoms with E-state index in [9.17, 15) is 9.59 Å². The largest absolute Gasteiger partial charge is 0.497 e. The van der Waals surface area contributed by atoms with Gasteiger partial charge in [0, 0.05) is 24.7 Å². The van der Waals surface area contributed by atoms with Crippen LogP contribution in [0, 0.1) is 5.92 Å². The zero-order valence-corrected chi connectivity index (χ0v) is 14.5. The van der Waals surface area contributed by atoms with Gasteiger partial charge in [-0.05, 0) is 12.3 Å². The number of ether oxygens (including phenoxy) is 2. The van der Waals surface area contributed by atoms with E-state index in [0.717, 1.165) is 0 Å². The van der Waals surface area contributed by atoms with E-state index in [4.69, 9.17) is 15.2 Å². The standard InChI is InChI=1S/C17H25N3O4/c1-10(2)15(18)16(21)19-14-5-6-20(17(14)22)11-7-12(23-3)9-13(8-11)24-4/h7-10,14-15H,5-6,18H2,1-4H3,(H,19,21)/t14?,15-/m0/s1. The molecule has 3 N–H and O–H groups in total. The van der Waals surface area contributed by atoms with Crippen LogP contribution in [0.4, 0.5) is 5.69 Å². The average molecular weight is 335 g/mol. The molecule has 1 heterocycles. The second-order valence-electron chi connectivity index (χ2n) is 6.18. The van der Waals surface area contributed by atoms with Gasteiger partial charge in [0.2, 0.25) is 11.8 Å². The van der Waals surface area contributed by atoms with E-state index < -0.39 is 12.1 Å². The van der Waals surface area contributed by atoms with Crippen LogP contribution in [0.15, 0.2) is 18.2 Å². The Bertz CT molecular complexity index is 596. The van der Waals surface area contributed by atoms with Gasteiger partial charge >= 0.3 is 0 Å². The number of amides is 2. The van der Waals surface area contributed by atoms with Crippen LogP contribution >= 0.6 is 0 Å². The number of benzene rings is 1. The third-order valence-electron chi connectivity index (χ3n) is 4.19. The van der Waals surface area contributed by atoms with Gasteiger partial charge in [0.15, 0.2) is 0 Å². The molecule has 1 fully saturated rings. The first-order valence-electron chi connectivity index (χ1n) is 7.97. The zero-order chi connectivity index (χ0) is 17.9. The van der Waals surface area contributed by atoms with E-state index in [1.54, 1.807) is 37.3 Å². The molecule has 1 aliphatic rings. The molecule has 0 radical (unpaired) electrons. The maximum Gasteiger partial charge on any atom is 0.249 e. The molecule has 0 saturated carbocycles. The van der Waals surface area contributed by atoms with Crippen LogP contribution in [0.3, 0.4) is 0 Å². The highest BCUT2D eigenvalue weighted by atomic mass is 16.5. The molecule has 0 spiro atoms. The van der Waals surface area contributed by atoms with Crippen LogP contribution in [0.1, 0.15) is 20.3 Å². The Hall–Kier alpha value is -2.28. The summed E-state index contributed by atoms with van der Waals surface area (Å²) in [4.78, 5) is 26.3. The summed E-state index contributed by atoms with van der Waals surface area (Å²) in [6, 6.07) is 4.10. The fourth-order valence-corrected chi connectivity index (χ4v) is 2.59. The zero-order valence-electron chi connectivity index (χ0n) is 14.5. The number of nitrogens with zero attached hydrogens (tertiary/aromatic N) is 1. The monoisotopic (exact) mass is 335 g/mol. The number of anilines is 1. The van der Waals surface area contributed by atoms with Crippen molar-refractivity contribution >= 4 is 17.5 Å². The van der Waals surface area contributed by atoms with Gasteiger partial charge in [-0.15, -0.1) is 0 Å². The van der Waals surface area contributed by atoms with Gasteiger partial charge in [-0.25, -0.2) is 0 Å². The summed E-state index contributed by atoms with van der Waals surface area (Å²) in [5.41, 5.74) is 6.52. The molecule has 1 unspecified atom stereocenters. The first-order chi connectivity index (χ1) is 11.4. The van der Waals surface area contributed by atoms with Gasteiger partial charge in [0.25, 0.3) is 0 Å². The maximum atomic E-state index is 12.6. The van der Waals surface area contributed by atoms with Gasteiger partial charge in [-0.1, -0.05) is 13.8 Å². The first kappa shape index (κ1) is 18.1. The SMILES string of the molecule is COc1cc(OC)cc(N2CCC(NC(=O)[C@@H](N)C(C)C)C2=O)c1. The van der Waals surface area contributed by atoms with Crippen molar-refractivity contribution in [2.75, 3.05) is 25.7 Å². The van der Waals surface area contributed by atoms with Gasteiger partial charge in [0.05, 0.1) is 25.9 Å². The molecular formula is C17H25N3O4. The molecule has 132 valence electrons. The van der Waals surface area contributed by atoms with Crippen molar-refractivity contribution < 1.29 is 19.1 Å². The van der Waals surface area contributed by atoms with E-state index in [0.29, 0.717) is 30.2 Å². The molecule has 7 heteroatoms. The first-order valence-corrected chi connectivity index (χ1v) is 7.97. The van der Waals surface area contributed by atoms with Crippen LogP contribution in [-0.2, 0) is 9.59 Å². The van der Waals surface area contributed by atoms with Crippen molar-refractivity contribution in [3.05, 3.63) is 18.2 Å². The van der Waals surface area contributed by atoms with Crippen molar-refractivity contribution in [2.45, 2.75) is 32.4 Å². The predicted octanol–water partition coefficient (Wildman–Crippen LogP) is 0.909. The molecule has 2 rings (SSSR count). The van der Waals surface area contributed by atoms with E-state index in [1.807, 2.05) is 13.8 Å². The normalized spacial score (nSPS) is 18.7. The minimum absolute atomic E-state index is 0.0141. The number of nitrogens with two attached hydrogens (primary N) is 1. The highest BCUT2D eigenvalue weighted by Crippen LogP contribution is 2.30. The highest BCUT2D eigenvalue weighted by molar-refractivity contribution is 6.02. The summed E-state index contributed by atoms with van der Waals surface area (Å²) >= 11 is 0. The second-order valence-corrected chi connectivity index (χ2v) is 6.18. The summed E-state index contributed by atoms with van der Waals surface area (Å²) < 4.78 is 10.5. The number of carbonyl (C=O) groups is 2. The van der Waals surface area contributed by atoms with Crippen molar-refractivity contribution in [1.29, 1.82) is 0 Å². The Kier molecular flexibility index (Phi) is 5.66. The fourth-order valence-electron chi connectivity index (χ4n) is 2.59.